The highest BCUT2D eigenvalue weighted by molar-refractivity contribution is 6.30. The molecule has 0 bridgehead atoms. The maximum absolute atomic E-state index is 12.8. The number of fused-ring (bicyclic) bond motifs is 1. The van der Waals surface area contributed by atoms with E-state index in [2.05, 4.69) is 53.5 Å². The lowest BCUT2D eigenvalue weighted by Gasteiger charge is -2.51. The number of nitrogens with zero attached hydrogens (tertiary/aromatic N) is 1. The molecule has 1 aromatic carbocycles. The van der Waals surface area contributed by atoms with Crippen molar-refractivity contribution in [2.45, 2.75) is 74.1 Å². The van der Waals surface area contributed by atoms with Gasteiger partial charge in [0.15, 0.2) is 0 Å². The smallest absolute Gasteiger partial charge is 0.259 e. The fourth-order valence-electron chi connectivity index (χ4n) is 6.66. The van der Waals surface area contributed by atoms with Crippen LogP contribution in [0.2, 0.25) is 5.02 Å². The van der Waals surface area contributed by atoms with Crippen LogP contribution in [0.5, 0.6) is 0 Å². The number of nitrogens with one attached hydrogen (secondary N) is 1. The maximum Gasteiger partial charge on any atom is 0.259 e. The molecular formula is C30H42ClN3O. The molecule has 3 aromatic rings. The van der Waals surface area contributed by atoms with E-state index in [4.69, 9.17) is 17.3 Å². The zero-order valence-corrected chi connectivity index (χ0v) is 23.2. The molecule has 0 aliphatic heterocycles. The predicted octanol–water partition coefficient (Wildman–Crippen LogP) is 7.83. The Hall–Kier alpha value is -2.20. The van der Waals surface area contributed by atoms with Crippen molar-refractivity contribution in [2.75, 3.05) is 5.73 Å². The third-order valence-electron chi connectivity index (χ3n) is 8.34. The van der Waals surface area contributed by atoms with Crippen molar-refractivity contribution >= 4 is 23.1 Å². The summed E-state index contributed by atoms with van der Waals surface area (Å²) in [7, 11) is 0. The van der Waals surface area contributed by atoms with Gasteiger partial charge in [0, 0.05) is 28.4 Å². The molecule has 190 valence electrons. The molecule has 1 saturated carbocycles. The molecule has 3 N–H and O–H groups in total. The molecule has 35 heavy (non-hydrogen) atoms. The third-order valence-corrected chi connectivity index (χ3v) is 8.60. The van der Waals surface area contributed by atoms with Crippen LogP contribution >= 0.6 is 11.6 Å². The zero-order valence-electron chi connectivity index (χ0n) is 22.4. The van der Waals surface area contributed by atoms with Crippen LogP contribution in [-0.4, -0.2) is 9.38 Å². The van der Waals surface area contributed by atoms with E-state index in [9.17, 15) is 4.79 Å². The van der Waals surface area contributed by atoms with E-state index < -0.39 is 0 Å². The SMILES string of the molecule is CC1CC(C(C)(C)C)C(CCc2c(-c3ccc(Cl)cc3)cn3c(=O)cc(N)[nH]c23)C(C(C)(C)C)C1. The Morgan fingerprint density at radius 1 is 1.03 bits per heavy atom. The summed E-state index contributed by atoms with van der Waals surface area (Å²) in [6.45, 7) is 16.9. The Kier molecular flexibility index (Phi) is 6.91. The molecule has 2 unspecified atom stereocenters. The molecule has 2 atom stereocenters. The van der Waals surface area contributed by atoms with Gasteiger partial charge in [0.05, 0.1) is 0 Å². The van der Waals surface area contributed by atoms with Crippen LogP contribution in [0.15, 0.2) is 41.3 Å². The van der Waals surface area contributed by atoms with Crippen LogP contribution in [0, 0.1) is 34.5 Å². The van der Waals surface area contributed by atoms with Crippen molar-refractivity contribution in [1.29, 1.82) is 0 Å². The van der Waals surface area contributed by atoms with E-state index in [1.54, 1.807) is 4.40 Å². The lowest BCUT2D eigenvalue weighted by molar-refractivity contribution is -0.0181. The van der Waals surface area contributed by atoms with Crippen LogP contribution in [0.3, 0.4) is 0 Å². The lowest BCUT2D eigenvalue weighted by Crippen LogP contribution is -2.43. The van der Waals surface area contributed by atoms with Crippen LogP contribution in [0.25, 0.3) is 16.8 Å². The second-order valence-electron chi connectivity index (χ2n) is 13.0. The average molecular weight is 496 g/mol. The van der Waals surface area contributed by atoms with Gasteiger partial charge in [0.1, 0.15) is 11.5 Å². The first-order valence-corrected chi connectivity index (χ1v) is 13.4. The van der Waals surface area contributed by atoms with Crippen molar-refractivity contribution in [2.24, 2.45) is 34.5 Å². The van der Waals surface area contributed by atoms with Gasteiger partial charge < -0.3 is 10.7 Å². The van der Waals surface area contributed by atoms with Gasteiger partial charge >= 0.3 is 0 Å². The van der Waals surface area contributed by atoms with E-state index in [0.29, 0.717) is 28.6 Å². The Balaban J connectivity index is 1.79. The van der Waals surface area contributed by atoms with Crippen LogP contribution in [0.4, 0.5) is 5.82 Å². The number of aromatic amines is 1. The minimum atomic E-state index is -0.107. The summed E-state index contributed by atoms with van der Waals surface area (Å²) in [5.74, 6) is 3.08. The van der Waals surface area contributed by atoms with Gasteiger partial charge in [0.2, 0.25) is 0 Å². The van der Waals surface area contributed by atoms with Crippen molar-refractivity contribution in [3.05, 3.63) is 57.5 Å². The quantitative estimate of drug-likeness (QED) is 0.387. The molecule has 1 aliphatic rings. The highest BCUT2D eigenvalue weighted by atomic mass is 35.5. The number of anilines is 1. The molecule has 4 nitrogen and oxygen atoms in total. The highest BCUT2D eigenvalue weighted by Crippen LogP contribution is 2.53. The van der Waals surface area contributed by atoms with E-state index in [1.165, 1.54) is 18.9 Å². The first-order chi connectivity index (χ1) is 16.3. The normalized spacial score (nSPS) is 23.7. The summed E-state index contributed by atoms with van der Waals surface area (Å²) in [6, 6.07) is 9.34. The minimum absolute atomic E-state index is 0.107. The first-order valence-electron chi connectivity index (χ1n) is 13.0. The van der Waals surface area contributed by atoms with Crippen molar-refractivity contribution < 1.29 is 0 Å². The molecule has 0 amide bonds. The summed E-state index contributed by atoms with van der Waals surface area (Å²) >= 11 is 6.18. The Labute approximate surface area is 215 Å². The number of hydrogen-bond acceptors (Lipinski definition) is 2. The average Bonchev–Trinajstić information content (AvgIpc) is 3.10. The van der Waals surface area contributed by atoms with E-state index in [0.717, 1.165) is 41.1 Å². The first kappa shape index (κ1) is 25.9. The Morgan fingerprint density at radius 2 is 1.60 bits per heavy atom. The number of halogens is 1. The number of nitrogens with two attached hydrogens (primary N) is 1. The van der Waals surface area contributed by atoms with E-state index in [-0.39, 0.29) is 16.4 Å². The van der Waals surface area contributed by atoms with Gasteiger partial charge in [-0.15, -0.1) is 0 Å². The summed E-state index contributed by atoms with van der Waals surface area (Å²) in [4.78, 5) is 16.1. The van der Waals surface area contributed by atoms with Gasteiger partial charge in [-0.2, -0.15) is 0 Å². The van der Waals surface area contributed by atoms with Crippen LogP contribution < -0.4 is 11.3 Å². The van der Waals surface area contributed by atoms with E-state index in [1.807, 2.05) is 30.5 Å². The largest absolute Gasteiger partial charge is 0.385 e. The topological polar surface area (TPSA) is 63.3 Å². The number of H-pyrrole nitrogens is 1. The minimum Gasteiger partial charge on any atom is -0.385 e. The van der Waals surface area contributed by atoms with Crippen LogP contribution in [-0.2, 0) is 6.42 Å². The second kappa shape index (κ2) is 9.35. The summed E-state index contributed by atoms with van der Waals surface area (Å²) in [6.07, 6.45) is 6.51. The van der Waals surface area contributed by atoms with Gasteiger partial charge in [-0.1, -0.05) is 72.2 Å². The number of nitrogen functional groups attached to an aromatic ring is 1. The molecular weight excluding hydrogens is 454 g/mol. The van der Waals surface area contributed by atoms with Crippen molar-refractivity contribution in [3.8, 4) is 11.1 Å². The van der Waals surface area contributed by atoms with Crippen molar-refractivity contribution in [1.82, 2.24) is 9.38 Å². The molecule has 4 rings (SSSR count). The van der Waals surface area contributed by atoms with Crippen LogP contribution in [0.1, 0.15) is 73.3 Å². The molecule has 0 saturated heterocycles. The van der Waals surface area contributed by atoms with Crippen molar-refractivity contribution in [3.63, 3.8) is 0 Å². The van der Waals surface area contributed by atoms with Gasteiger partial charge in [-0.05, 0) is 77.9 Å². The standard InChI is InChI=1S/C30H42ClN3O/c1-18-14-24(29(2,3)4)22(25(15-18)30(5,6)7)13-12-21-23(19-8-10-20(31)11-9-19)17-34-27(35)16-26(32)33-28(21)34/h8-11,16-18,22,24-25,33H,12-15,32H2,1-7H3. The van der Waals surface area contributed by atoms with E-state index >= 15 is 0 Å². The summed E-state index contributed by atoms with van der Waals surface area (Å²) in [5, 5.41) is 0.705. The molecule has 0 spiro atoms. The number of aromatic nitrogens is 2. The number of aryl methyl sites for hydroxylation is 1. The molecule has 1 aliphatic carbocycles. The number of rotatable bonds is 4. The zero-order chi connectivity index (χ0) is 25.7. The maximum atomic E-state index is 12.8. The Morgan fingerprint density at radius 3 is 2.14 bits per heavy atom. The number of benzene rings is 1. The molecule has 0 radical (unpaired) electrons. The van der Waals surface area contributed by atoms with Gasteiger partial charge in [0.25, 0.3) is 5.56 Å². The predicted molar refractivity (Wildman–Crippen MR) is 149 cm³/mol. The highest BCUT2D eigenvalue weighted by Gasteiger charge is 2.45. The second-order valence-corrected chi connectivity index (χ2v) is 13.5. The fraction of sp³-hybridized carbons (Fsp3) is 0.567. The monoisotopic (exact) mass is 495 g/mol. The van der Waals surface area contributed by atoms with Gasteiger partial charge in [-0.3, -0.25) is 9.20 Å². The Bertz CT molecular complexity index is 1220. The molecule has 5 heteroatoms. The number of hydrogen-bond donors (Lipinski definition) is 2. The summed E-state index contributed by atoms with van der Waals surface area (Å²) in [5.41, 5.74) is 10.6. The lowest BCUT2D eigenvalue weighted by atomic mass is 9.54. The van der Waals surface area contributed by atoms with Gasteiger partial charge in [-0.25, -0.2) is 0 Å². The summed E-state index contributed by atoms with van der Waals surface area (Å²) < 4.78 is 1.71. The molecule has 1 fully saturated rings. The molecule has 2 heterocycles. The molecule has 2 aromatic heterocycles. The third kappa shape index (κ3) is 5.33. The fourth-order valence-corrected chi connectivity index (χ4v) is 6.78.